The minimum absolute atomic E-state index is 0.00198. The lowest BCUT2D eigenvalue weighted by Gasteiger charge is -2.43. The molecule has 6 unspecified atom stereocenters. The summed E-state index contributed by atoms with van der Waals surface area (Å²) in [7, 11) is 0. The van der Waals surface area contributed by atoms with Crippen LogP contribution in [0.1, 0.15) is 277 Å². The van der Waals surface area contributed by atoms with Crippen molar-refractivity contribution < 1.29 is 19.8 Å². The molecular formula is C58H112N2O4. The van der Waals surface area contributed by atoms with Crippen LogP contribution in [0.25, 0.3) is 0 Å². The molecule has 4 N–H and O–H groups in total. The molecule has 0 saturated carbocycles. The Morgan fingerprint density at radius 1 is 0.375 bits per heavy atom. The number of unbranched alkanes of at least 4 members (excludes halogenated alkanes) is 16. The van der Waals surface area contributed by atoms with Crippen LogP contribution in [0, 0.1) is 45.3 Å². The van der Waals surface area contributed by atoms with Crippen molar-refractivity contribution in [3.05, 3.63) is 24.3 Å². The van der Waals surface area contributed by atoms with Gasteiger partial charge in [-0.2, -0.15) is 0 Å². The molecule has 0 bridgehead atoms. The highest BCUT2D eigenvalue weighted by atomic mass is 16.3. The summed E-state index contributed by atoms with van der Waals surface area (Å²) < 4.78 is 0. The standard InChI is InChI=1S/C58H112N2O4/c1-15-17-19-21-23-25-27-29-31-33-35-41-47(55(3,4)5)53(63)49(57(9,10)11)43-37-39-45-51(61)59-60-52(62)46-40-38-44-50(58(12,13)14)54(64)48(56(6,7)8)42-36-34-32-30-28-26-24-22-20-18-16-2/h29-32,47-50,53-54,63-64H,15-28,33-46H2,1-14H3,(H,59,61)(H,60,62)/b31-29-,32-30-. The van der Waals surface area contributed by atoms with Crippen molar-refractivity contribution in [2.75, 3.05) is 0 Å². The predicted octanol–water partition coefficient (Wildman–Crippen LogP) is 16.6. The van der Waals surface area contributed by atoms with Crippen LogP contribution in [0.2, 0.25) is 0 Å². The third-order valence-electron chi connectivity index (χ3n) is 14.3. The third-order valence-corrected chi connectivity index (χ3v) is 14.3. The number of aliphatic hydroxyl groups excluding tert-OH is 2. The summed E-state index contributed by atoms with van der Waals surface area (Å²) in [6.07, 6.45) is 38.9. The minimum atomic E-state index is -0.404. The van der Waals surface area contributed by atoms with Gasteiger partial charge in [-0.1, -0.05) is 198 Å². The van der Waals surface area contributed by atoms with Gasteiger partial charge in [-0.25, -0.2) is 0 Å². The second-order valence-corrected chi connectivity index (χ2v) is 24.4. The summed E-state index contributed by atoms with van der Waals surface area (Å²) in [6, 6.07) is 0. The molecule has 0 spiro atoms. The third kappa shape index (κ3) is 30.6. The van der Waals surface area contributed by atoms with Gasteiger partial charge in [0.25, 0.3) is 0 Å². The van der Waals surface area contributed by atoms with Gasteiger partial charge in [0.15, 0.2) is 0 Å². The maximum atomic E-state index is 12.8. The SMILES string of the molecule is CCCCCCCC/C=C\CCCC(C(O)C(CCCCC(=O)NNC(=O)CCCCC(C(O)C(CCC/C=C\CCCCCCCC)C(C)(C)C)C(C)(C)C)C(C)(C)C)C(C)(C)C. The van der Waals surface area contributed by atoms with Gasteiger partial charge in [-0.3, -0.25) is 20.4 Å². The molecule has 0 aromatic carbocycles. The molecule has 6 heteroatoms. The summed E-state index contributed by atoms with van der Waals surface area (Å²) in [5, 5.41) is 23.9. The maximum absolute atomic E-state index is 12.8. The van der Waals surface area contributed by atoms with E-state index >= 15 is 0 Å². The van der Waals surface area contributed by atoms with E-state index < -0.39 is 12.2 Å². The predicted molar refractivity (Wildman–Crippen MR) is 279 cm³/mol. The first kappa shape index (κ1) is 62.3. The molecule has 0 radical (unpaired) electrons. The average molecular weight is 902 g/mol. The highest BCUT2D eigenvalue weighted by molar-refractivity contribution is 5.81. The number of hydrogen-bond donors (Lipinski definition) is 4. The quantitative estimate of drug-likeness (QED) is 0.0286. The summed E-state index contributed by atoms with van der Waals surface area (Å²) >= 11 is 0. The van der Waals surface area contributed by atoms with Gasteiger partial charge in [0.1, 0.15) is 0 Å². The largest absolute Gasteiger partial charge is 0.393 e. The first-order chi connectivity index (χ1) is 30.0. The Bertz CT molecular complexity index is 1120. The van der Waals surface area contributed by atoms with Crippen LogP contribution < -0.4 is 10.9 Å². The molecule has 0 aliphatic heterocycles. The van der Waals surface area contributed by atoms with Crippen LogP contribution in [-0.2, 0) is 9.59 Å². The summed E-state index contributed by atoms with van der Waals surface area (Å²) in [5.41, 5.74) is 5.18. The van der Waals surface area contributed by atoms with Crippen LogP contribution in [0.3, 0.4) is 0 Å². The molecule has 6 nitrogen and oxygen atoms in total. The molecule has 0 aliphatic carbocycles. The topological polar surface area (TPSA) is 98.7 Å². The highest BCUT2D eigenvalue weighted by Gasteiger charge is 2.41. The van der Waals surface area contributed by atoms with Crippen LogP contribution in [0.15, 0.2) is 24.3 Å². The molecule has 0 fully saturated rings. The zero-order chi connectivity index (χ0) is 48.7. The van der Waals surface area contributed by atoms with Crippen molar-refractivity contribution in [2.24, 2.45) is 45.3 Å². The van der Waals surface area contributed by atoms with Gasteiger partial charge in [-0.05, 0) is 135 Å². The van der Waals surface area contributed by atoms with Gasteiger partial charge >= 0.3 is 0 Å². The van der Waals surface area contributed by atoms with Gasteiger partial charge in [0, 0.05) is 12.8 Å². The van der Waals surface area contributed by atoms with E-state index in [1.807, 2.05) is 0 Å². The van der Waals surface area contributed by atoms with E-state index in [9.17, 15) is 19.8 Å². The van der Waals surface area contributed by atoms with Crippen molar-refractivity contribution in [1.82, 2.24) is 10.9 Å². The van der Waals surface area contributed by atoms with E-state index in [2.05, 4.69) is 132 Å². The Morgan fingerprint density at radius 3 is 0.906 bits per heavy atom. The number of carbonyl (C=O) groups is 2. The lowest BCUT2D eigenvalue weighted by Crippen LogP contribution is -2.43. The molecule has 0 saturated heterocycles. The van der Waals surface area contributed by atoms with E-state index in [1.54, 1.807) is 0 Å². The maximum Gasteiger partial charge on any atom is 0.238 e. The number of carbonyl (C=O) groups excluding carboxylic acids is 2. The number of hydrazine groups is 1. The van der Waals surface area contributed by atoms with E-state index in [1.165, 1.54) is 89.9 Å². The van der Waals surface area contributed by atoms with Crippen molar-refractivity contribution in [3.63, 3.8) is 0 Å². The Labute approximate surface area is 399 Å². The molecule has 0 aromatic heterocycles. The number of allylic oxidation sites excluding steroid dienone is 4. The van der Waals surface area contributed by atoms with E-state index in [4.69, 9.17) is 0 Å². The summed E-state index contributed by atoms with van der Waals surface area (Å²) in [4.78, 5) is 25.6. The first-order valence-electron chi connectivity index (χ1n) is 27.2. The zero-order valence-electron chi connectivity index (χ0n) is 45.3. The lowest BCUT2D eigenvalue weighted by atomic mass is 9.65. The number of rotatable bonds is 36. The molecule has 378 valence electrons. The lowest BCUT2D eigenvalue weighted by molar-refractivity contribution is -0.129. The monoisotopic (exact) mass is 901 g/mol. The number of aliphatic hydroxyl groups is 2. The summed E-state index contributed by atoms with van der Waals surface area (Å²) in [5.74, 6) is 0.329. The molecule has 64 heavy (non-hydrogen) atoms. The van der Waals surface area contributed by atoms with Gasteiger partial charge < -0.3 is 10.2 Å². The molecule has 0 rings (SSSR count). The number of amides is 2. The normalized spacial score (nSPS) is 15.9. The molecule has 0 aliphatic rings. The molecule has 6 atom stereocenters. The van der Waals surface area contributed by atoms with Crippen LogP contribution in [0.4, 0.5) is 0 Å². The van der Waals surface area contributed by atoms with Gasteiger partial charge in [-0.15, -0.1) is 0 Å². The fourth-order valence-electron chi connectivity index (χ4n) is 10.1. The van der Waals surface area contributed by atoms with Crippen LogP contribution >= 0.6 is 0 Å². The molecular weight excluding hydrogens is 789 g/mol. The zero-order valence-corrected chi connectivity index (χ0v) is 45.3. The van der Waals surface area contributed by atoms with Crippen LogP contribution in [0.5, 0.6) is 0 Å². The van der Waals surface area contributed by atoms with Crippen molar-refractivity contribution >= 4 is 11.8 Å². The van der Waals surface area contributed by atoms with Crippen molar-refractivity contribution in [2.45, 2.75) is 289 Å². The highest BCUT2D eigenvalue weighted by Crippen LogP contribution is 2.44. The van der Waals surface area contributed by atoms with Crippen molar-refractivity contribution in [3.8, 4) is 0 Å². The van der Waals surface area contributed by atoms with Crippen LogP contribution in [-0.4, -0.2) is 34.2 Å². The first-order valence-corrected chi connectivity index (χ1v) is 27.2. The second-order valence-electron chi connectivity index (χ2n) is 24.4. The van der Waals surface area contributed by atoms with E-state index in [-0.39, 0.29) is 57.1 Å². The van der Waals surface area contributed by atoms with E-state index in [0.29, 0.717) is 25.7 Å². The van der Waals surface area contributed by atoms with E-state index in [0.717, 1.165) is 64.2 Å². The smallest absolute Gasteiger partial charge is 0.238 e. The minimum Gasteiger partial charge on any atom is -0.393 e. The van der Waals surface area contributed by atoms with Crippen molar-refractivity contribution in [1.29, 1.82) is 0 Å². The Balaban J connectivity index is 4.86. The fraction of sp³-hybridized carbons (Fsp3) is 0.897. The molecule has 0 aromatic rings. The second kappa shape index (κ2) is 34.6. The Morgan fingerprint density at radius 2 is 0.625 bits per heavy atom. The molecule has 0 heterocycles. The Hall–Kier alpha value is -1.66. The average Bonchev–Trinajstić information content (AvgIpc) is 3.18. The van der Waals surface area contributed by atoms with Gasteiger partial charge in [0.05, 0.1) is 12.2 Å². The number of nitrogens with one attached hydrogen (secondary N) is 2. The number of hydrogen-bond acceptors (Lipinski definition) is 4. The molecule has 2 amide bonds. The van der Waals surface area contributed by atoms with Gasteiger partial charge in [0.2, 0.25) is 11.8 Å². The Kier molecular flexibility index (Phi) is 33.7. The fourth-order valence-corrected chi connectivity index (χ4v) is 10.1. The summed E-state index contributed by atoms with van der Waals surface area (Å²) in [6.45, 7) is 31.6.